The molecule has 1 fully saturated rings. The molecule has 2 unspecified atom stereocenters. The zero-order valence-corrected chi connectivity index (χ0v) is 12.9. The number of rotatable bonds is 5. The molecule has 2 N–H and O–H groups in total. The van der Waals surface area contributed by atoms with Crippen LogP contribution >= 0.6 is 0 Å². The predicted molar refractivity (Wildman–Crippen MR) is 79.6 cm³/mol. The first-order valence-corrected chi connectivity index (χ1v) is 8.65. The molecule has 21 heavy (non-hydrogen) atoms. The topological polar surface area (TPSA) is 83.5 Å². The Hall–Kier alpha value is -1.24. The first kappa shape index (κ1) is 16.1. The van der Waals surface area contributed by atoms with Gasteiger partial charge in [0.05, 0.1) is 11.0 Å². The van der Waals surface area contributed by atoms with Crippen molar-refractivity contribution in [3.05, 3.63) is 29.8 Å². The van der Waals surface area contributed by atoms with Gasteiger partial charge < -0.3 is 5.11 Å². The zero-order valence-electron chi connectivity index (χ0n) is 12.1. The Kier molecular flexibility index (Phi) is 5.13. The molecular formula is C15H21NO4S. The minimum atomic E-state index is -3.62. The van der Waals surface area contributed by atoms with Gasteiger partial charge in [-0.05, 0) is 44.2 Å². The Balaban J connectivity index is 2.04. The van der Waals surface area contributed by atoms with Crippen molar-refractivity contribution in [3.8, 4) is 0 Å². The van der Waals surface area contributed by atoms with Crippen LogP contribution in [0.4, 0.5) is 0 Å². The van der Waals surface area contributed by atoms with Crippen molar-refractivity contribution in [2.45, 2.75) is 43.6 Å². The molecule has 2 rings (SSSR count). The van der Waals surface area contributed by atoms with E-state index in [0.717, 1.165) is 19.3 Å². The Morgan fingerprint density at radius 3 is 2.81 bits per heavy atom. The number of aliphatic hydroxyl groups excluding tert-OH is 1. The largest absolute Gasteiger partial charge is 0.393 e. The lowest BCUT2D eigenvalue weighted by Crippen LogP contribution is -2.33. The fourth-order valence-electron chi connectivity index (χ4n) is 2.64. The average molecular weight is 311 g/mol. The normalized spacial score (nSPS) is 23.0. The maximum atomic E-state index is 12.2. The molecule has 0 amide bonds. The van der Waals surface area contributed by atoms with E-state index in [1.165, 1.54) is 19.1 Å². The van der Waals surface area contributed by atoms with Crippen molar-refractivity contribution in [2.75, 3.05) is 6.54 Å². The molecule has 116 valence electrons. The minimum Gasteiger partial charge on any atom is -0.393 e. The first-order valence-electron chi connectivity index (χ1n) is 7.17. The van der Waals surface area contributed by atoms with Crippen LogP contribution in [0.2, 0.25) is 0 Å². The SMILES string of the molecule is CC(=O)c1cccc(S(=O)(=O)NCC2CCCC(O)C2)c1. The second kappa shape index (κ2) is 6.68. The van der Waals surface area contributed by atoms with Gasteiger partial charge in [0.25, 0.3) is 0 Å². The van der Waals surface area contributed by atoms with Crippen LogP contribution in [-0.4, -0.2) is 32.0 Å². The van der Waals surface area contributed by atoms with Crippen molar-refractivity contribution < 1.29 is 18.3 Å². The van der Waals surface area contributed by atoms with Gasteiger partial charge in [0.15, 0.2) is 5.78 Å². The third kappa shape index (κ3) is 4.36. The van der Waals surface area contributed by atoms with E-state index in [2.05, 4.69) is 4.72 Å². The van der Waals surface area contributed by atoms with Crippen molar-refractivity contribution in [1.82, 2.24) is 4.72 Å². The number of Topliss-reactive ketones (excluding diaryl/α,β-unsaturated/α-hetero) is 1. The molecule has 0 bridgehead atoms. The van der Waals surface area contributed by atoms with E-state index in [1.807, 2.05) is 0 Å². The second-order valence-corrected chi connectivity index (χ2v) is 7.39. The van der Waals surface area contributed by atoms with Gasteiger partial charge in [-0.1, -0.05) is 18.6 Å². The third-order valence-corrected chi connectivity index (χ3v) is 5.29. The monoisotopic (exact) mass is 311 g/mol. The molecule has 0 saturated heterocycles. The van der Waals surface area contributed by atoms with Gasteiger partial charge >= 0.3 is 0 Å². The standard InChI is InChI=1S/C15H21NO4S/c1-11(17)13-5-3-7-15(9-13)21(19,20)16-10-12-4-2-6-14(18)8-12/h3,5,7,9,12,14,16,18H,2,4,6,8,10H2,1H3. The molecule has 5 nitrogen and oxygen atoms in total. The highest BCUT2D eigenvalue weighted by Crippen LogP contribution is 2.24. The highest BCUT2D eigenvalue weighted by Gasteiger charge is 2.23. The van der Waals surface area contributed by atoms with E-state index >= 15 is 0 Å². The van der Waals surface area contributed by atoms with Gasteiger partial charge in [0.2, 0.25) is 10.0 Å². The molecule has 1 saturated carbocycles. The summed E-state index contributed by atoms with van der Waals surface area (Å²) in [7, 11) is -3.62. The van der Waals surface area contributed by atoms with Gasteiger partial charge in [-0.2, -0.15) is 0 Å². The Bertz CT molecular complexity index is 612. The first-order chi connectivity index (χ1) is 9.88. The maximum Gasteiger partial charge on any atom is 0.240 e. The summed E-state index contributed by atoms with van der Waals surface area (Å²) in [6.07, 6.45) is 2.95. The molecular weight excluding hydrogens is 290 g/mol. The number of carbonyl (C=O) groups excluding carboxylic acids is 1. The van der Waals surface area contributed by atoms with Crippen molar-refractivity contribution in [1.29, 1.82) is 0 Å². The lowest BCUT2D eigenvalue weighted by atomic mass is 9.87. The predicted octanol–water partition coefficient (Wildman–Crippen LogP) is 1.72. The highest BCUT2D eigenvalue weighted by atomic mass is 32.2. The summed E-state index contributed by atoms with van der Waals surface area (Å²) in [6, 6.07) is 6.03. The molecule has 0 spiro atoms. The highest BCUT2D eigenvalue weighted by molar-refractivity contribution is 7.89. The van der Waals surface area contributed by atoms with Crippen LogP contribution in [0, 0.1) is 5.92 Å². The van der Waals surface area contributed by atoms with Gasteiger partial charge in [-0.15, -0.1) is 0 Å². The van der Waals surface area contributed by atoms with Crippen molar-refractivity contribution in [3.63, 3.8) is 0 Å². The second-order valence-electron chi connectivity index (χ2n) is 5.62. The van der Waals surface area contributed by atoms with Crippen LogP contribution < -0.4 is 4.72 Å². The van der Waals surface area contributed by atoms with E-state index in [9.17, 15) is 18.3 Å². The number of aliphatic hydroxyl groups is 1. The third-order valence-electron chi connectivity index (χ3n) is 3.87. The number of ketones is 1. The molecule has 0 aromatic heterocycles. The number of sulfonamides is 1. The molecule has 1 aromatic rings. The summed E-state index contributed by atoms with van der Waals surface area (Å²) >= 11 is 0. The number of hydrogen-bond acceptors (Lipinski definition) is 4. The maximum absolute atomic E-state index is 12.2. The fraction of sp³-hybridized carbons (Fsp3) is 0.533. The molecule has 2 atom stereocenters. The molecule has 1 aliphatic rings. The Morgan fingerprint density at radius 1 is 1.38 bits per heavy atom. The van der Waals surface area contributed by atoms with Crippen LogP contribution in [0.25, 0.3) is 0 Å². The summed E-state index contributed by atoms with van der Waals surface area (Å²) in [5.74, 6) is 0.00182. The van der Waals surface area contributed by atoms with Crippen molar-refractivity contribution >= 4 is 15.8 Å². The molecule has 1 aliphatic carbocycles. The minimum absolute atomic E-state index is 0.103. The lowest BCUT2D eigenvalue weighted by Gasteiger charge is -2.25. The van der Waals surface area contributed by atoms with E-state index in [4.69, 9.17) is 0 Å². The quantitative estimate of drug-likeness (QED) is 0.811. The van der Waals surface area contributed by atoms with Gasteiger partial charge in [-0.25, -0.2) is 13.1 Å². The Morgan fingerprint density at radius 2 is 2.14 bits per heavy atom. The molecule has 0 radical (unpaired) electrons. The molecule has 0 heterocycles. The number of nitrogens with one attached hydrogen (secondary N) is 1. The summed E-state index contributed by atoms with van der Waals surface area (Å²) in [4.78, 5) is 11.4. The van der Waals surface area contributed by atoms with Crippen molar-refractivity contribution in [2.24, 2.45) is 5.92 Å². The van der Waals surface area contributed by atoms with Crippen LogP contribution in [0.3, 0.4) is 0 Å². The average Bonchev–Trinajstić information content (AvgIpc) is 2.45. The van der Waals surface area contributed by atoms with Gasteiger partial charge in [0, 0.05) is 12.1 Å². The number of carbonyl (C=O) groups is 1. The lowest BCUT2D eigenvalue weighted by molar-refractivity contribution is 0.101. The number of benzene rings is 1. The number of hydrogen-bond donors (Lipinski definition) is 2. The fourth-order valence-corrected chi connectivity index (χ4v) is 3.80. The molecule has 1 aromatic carbocycles. The summed E-state index contributed by atoms with van der Waals surface area (Å²) in [5.41, 5.74) is 0.381. The Labute approximate surface area is 125 Å². The zero-order chi connectivity index (χ0) is 15.5. The van der Waals surface area contributed by atoms with E-state index < -0.39 is 10.0 Å². The smallest absolute Gasteiger partial charge is 0.240 e. The molecule has 6 heteroatoms. The van der Waals surface area contributed by atoms with E-state index in [1.54, 1.807) is 12.1 Å². The van der Waals surface area contributed by atoms with Gasteiger partial charge in [0.1, 0.15) is 0 Å². The van der Waals surface area contributed by atoms with Crippen LogP contribution in [-0.2, 0) is 10.0 Å². The van der Waals surface area contributed by atoms with Gasteiger partial charge in [-0.3, -0.25) is 4.79 Å². The van der Waals surface area contributed by atoms with Crippen LogP contribution in [0.15, 0.2) is 29.2 Å². The molecule has 0 aliphatic heterocycles. The summed E-state index contributed by atoms with van der Waals surface area (Å²) in [5, 5.41) is 9.61. The van der Waals surface area contributed by atoms with E-state index in [-0.39, 0.29) is 22.7 Å². The summed E-state index contributed by atoms with van der Waals surface area (Å²) in [6.45, 7) is 1.73. The summed E-state index contributed by atoms with van der Waals surface area (Å²) < 4.78 is 27.1. The van der Waals surface area contributed by atoms with E-state index in [0.29, 0.717) is 18.5 Å². The van der Waals surface area contributed by atoms with Crippen LogP contribution in [0.1, 0.15) is 43.0 Å². The van der Waals surface area contributed by atoms with Crippen LogP contribution in [0.5, 0.6) is 0 Å².